The number of carbonyl (C=O) groups excluding carboxylic acids is 1. The Morgan fingerprint density at radius 1 is 1.19 bits per heavy atom. The number of carbonyl (C=O) groups is 1. The average molecular weight is 400 g/mol. The lowest BCUT2D eigenvalue weighted by Crippen LogP contribution is -2.19. The number of hydrogen-bond donors (Lipinski definition) is 2. The molecule has 8 heteroatoms. The summed E-state index contributed by atoms with van der Waals surface area (Å²) in [7, 11) is 1.84. The minimum atomic E-state index is 0. The predicted molar refractivity (Wildman–Crippen MR) is 109 cm³/mol. The number of anilines is 1. The van der Waals surface area contributed by atoms with Crippen LogP contribution in [-0.4, -0.2) is 34.3 Å². The monoisotopic (exact) mass is 399 g/mol. The van der Waals surface area contributed by atoms with Crippen LogP contribution in [0.2, 0.25) is 0 Å². The van der Waals surface area contributed by atoms with Crippen LogP contribution in [0.5, 0.6) is 0 Å². The minimum absolute atomic E-state index is 0. The third-order valence-electron chi connectivity index (χ3n) is 4.48. The van der Waals surface area contributed by atoms with Crippen molar-refractivity contribution in [3.05, 3.63) is 29.6 Å². The van der Waals surface area contributed by atoms with Gasteiger partial charge in [0.2, 0.25) is 5.91 Å². The molecule has 3 rings (SSSR count). The van der Waals surface area contributed by atoms with Gasteiger partial charge in [-0.1, -0.05) is 18.6 Å². The molecule has 0 spiro atoms. The van der Waals surface area contributed by atoms with Crippen LogP contribution >= 0.6 is 24.8 Å². The van der Waals surface area contributed by atoms with Crippen LogP contribution in [0.15, 0.2) is 18.2 Å². The van der Waals surface area contributed by atoms with Gasteiger partial charge in [0.05, 0.1) is 0 Å². The Labute approximate surface area is 167 Å². The minimum Gasteiger partial charge on any atom is -0.326 e. The van der Waals surface area contributed by atoms with E-state index in [0.29, 0.717) is 13.0 Å². The highest BCUT2D eigenvalue weighted by Crippen LogP contribution is 2.27. The molecule has 2 N–H and O–H groups in total. The number of benzene rings is 1. The lowest BCUT2D eigenvalue weighted by atomic mass is 10.1. The van der Waals surface area contributed by atoms with E-state index in [0.717, 1.165) is 47.8 Å². The number of hydrogen-bond acceptors (Lipinski definition) is 4. The van der Waals surface area contributed by atoms with E-state index in [1.54, 1.807) is 0 Å². The Morgan fingerprint density at radius 3 is 2.77 bits per heavy atom. The van der Waals surface area contributed by atoms with Crippen molar-refractivity contribution in [1.29, 1.82) is 0 Å². The van der Waals surface area contributed by atoms with E-state index in [9.17, 15) is 4.79 Å². The fraction of sp³-hybridized carbons (Fsp3) is 0.500. The second-order valence-corrected chi connectivity index (χ2v) is 6.33. The summed E-state index contributed by atoms with van der Waals surface area (Å²) in [5, 5.41) is 14.8. The number of rotatable bonds is 5. The van der Waals surface area contributed by atoms with Gasteiger partial charge in [-0.05, 0) is 38.4 Å². The second kappa shape index (κ2) is 10.5. The third kappa shape index (κ3) is 5.19. The Balaban J connectivity index is 0.00000169. The largest absolute Gasteiger partial charge is 0.326 e. The van der Waals surface area contributed by atoms with Crippen molar-refractivity contribution in [3.8, 4) is 11.4 Å². The lowest BCUT2D eigenvalue weighted by molar-refractivity contribution is -0.116. The number of nitrogens with zero attached hydrogens (tertiary/aromatic N) is 3. The summed E-state index contributed by atoms with van der Waals surface area (Å²) >= 11 is 0. The molecule has 1 aliphatic rings. The third-order valence-corrected chi connectivity index (χ3v) is 4.48. The summed E-state index contributed by atoms with van der Waals surface area (Å²) in [5.74, 6) is 1.99. The highest BCUT2D eigenvalue weighted by Gasteiger charge is 2.17. The van der Waals surface area contributed by atoms with E-state index < -0.39 is 0 Å². The molecule has 0 aliphatic carbocycles. The molecular weight excluding hydrogens is 373 g/mol. The van der Waals surface area contributed by atoms with E-state index in [2.05, 4.69) is 31.5 Å². The summed E-state index contributed by atoms with van der Waals surface area (Å²) in [6.45, 7) is 3.64. The smallest absolute Gasteiger partial charge is 0.225 e. The van der Waals surface area contributed by atoms with Crippen LogP contribution < -0.4 is 10.6 Å². The van der Waals surface area contributed by atoms with Crippen LogP contribution in [0, 0.1) is 6.92 Å². The van der Waals surface area contributed by atoms with E-state index in [4.69, 9.17) is 0 Å². The zero-order valence-corrected chi connectivity index (χ0v) is 16.9. The summed E-state index contributed by atoms with van der Waals surface area (Å²) in [6.07, 6.45) is 5.03. The van der Waals surface area contributed by atoms with Gasteiger partial charge >= 0.3 is 0 Å². The van der Waals surface area contributed by atoms with Gasteiger partial charge in [-0.3, -0.25) is 4.79 Å². The molecule has 2 aromatic rings. The first kappa shape index (κ1) is 22.4. The first-order valence-electron chi connectivity index (χ1n) is 8.66. The van der Waals surface area contributed by atoms with Gasteiger partial charge in [-0.15, -0.1) is 35.0 Å². The van der Waals surface area contributed by atoms with Crippen molar-refractivity contribution in [3.63, 3.8) is 0 Å². The van der Waals surface area contributed by atoms with Crippen LogP contribution in [0.1, 0.15) is 37.1 Å². The van der Waals surface area contributed by atoms with Gasteiger partial charge in [-0.25, -0.2) is 0 Å². The number of fused-ring (bicyclic) bond motifs is 1. The first-order chi connectivity index (χ1) is 11.7. The number of halogens is 2. The van der Waals surface area contributed by atoms with Crippen molar-refractivity contribution in [2.45, 2.75) is 45.6 Å². The van der Waals surface area contributed by atoms with Crippen molar-refractivity contribution in [2.75, 3.05) is 18.9 Å². The fourth-order valence-corrected chi connectivity index (χ4v) is 3.05. The maximum absolute atomic E-state index is 12.0. The van der Waals surface area contributed by atoms with Gasteiger partial charge in [0, 0.05) is 37.2 Å². The highest BCUT2D eigenvalue weighted by atomic mass is 35.5. The van der Waals surface area contributed by atoms with Crippen molar-refractivity contribution >= 4 is 36.4 Å². The molecule has 0 saturated heterocycles. The maximum Gasteiger partial charge on any atom is 0.225 e. The number of nitrogens with one attached hydrogen (secondary N) is 2. The lowest BCUT2D eigenvalue weighted by Gasteiger charge is -2.12. The molecule has 0 radical (unpaired) electrons. The Morgan fingerprint density at radius 2 is 2.00 bits per heavy atom. The topological polar surface area (TPSA) is 71.8 Å². The van der Waals surface area contributed by atoms with Crippen LogP contribution in [0.4, 0.5) is 5.69 Å². The van der Waals surface area contributed by atoms with Crippen molar-refractivity contribution in [1.82, 2.24) is 20.1 Å². The maximum atomic E-state index is 12.0. The zero-order valence-electron chi connectivity index (χ0n) is 15.2. The molecule has 1 amide bonds. The Kier molecular flexibility index (Phi) is 9.05. The molecule has 26 heavy (non-hydrogen) atoms. The summed E-state index contributed by atoms with van der Waals surface area (Å²) in [6, 6.07) is 6.09. The molecule has 0 fully saturated rings. The fourth-order valence-electron chi connectivity index (χ4n) is 3.05. The standard InChI is InChI=1S/C18H25N5O.2ClH/c1-13-7-8-14(12-15(13)20-17(24)9-10-19-2)18-22-21-16-6-4-3-5-11-23(16)18;;/h7-8,12,19H,3-6,9-11H2,1-2H3,(H,20,24);2*1H. The number of aromatic nitrogens is 3. The van der Waals surface area contributed by atoms with E-state index in [-0.39, 0.29) is 30.7 Å². The molecule has 1 aromatic heterocycles. The summed E-state index contributed by atoms with van der Waals surface area (Å²) < 4.78 is 2.23. The molecule has 144 valence electrons. The molecule has 0 saturated carbocycles. The highest BCUT2D eigenvalue weighted by molar-refractivity contribution is 5.92. The van der Waals surface area contributed by atoms with Crippen molar-refractivity contribution in [2.24, 2.45) is 0 Å². The SMILES string of the molecule is CNCCC(=O)Nc1cc(-c2nnc3n2CCCCC3)ccc1C.Cl.Cl. The second-order valence-electron chi connectivity index (χ2n) is 6.33. The predicted octanol–water partition coefficient (Wildman–Crippen LogP) is 3.37. The van der Waals surface area contributed by atoms with Crippen LogP contribution in [0.25, 0.3) is 11.4 Å². The van der Waals surface area contributed by atoms with Crippen LogP contribution in [-0.2, 0) is 17.8 Å². The Bertz CT molecular complexity index is 732. The molecule has 2 heterocycles. The van der Waals surface area contributed by atoms with E-state index in [1.165, 1.54) is 12.8 Å². The first-order valence-corrected chi connectivity index (χ1v) is 8.66. The molecule has 0 atom stereocenters. The van der Waals surface area contributed by atoms with Gasteiger partial charge in [-0.2, -0.15) is 0 Å². The molecule has 6 nitrogen and oxygen atoms in total. The average Bonchev–Trinajstić information content (AvgIpc) is 2.83. The Hall–Kier alpha value is -1.63. The van der Waals surface area contributed by atoms with Crippen molar-refractivity contribution < 1.29 is 4.79 Å². The molecular formula is C18H27Cl2N5O. The molecule has 1 aromatic carbocycles. The quantitative estimate of drug-likeness (QED) is 0.807. The summed E-state index contributed by atoms with van der Waals surface area (Å²) in [5.41, 5.74) is 2.90. The van der Waals surface area contributed by atoms with Gasteiger partial charge in [0.1, 0.15) is 5.82 Å². The van der Waals surface area contributed by atoms with Gasteiger partial charge < -0.3 is 15.2 Å². The molecule has 0 unspecified atom stereocenters. The molecule has 0 bridgehead atoms. The van der Waals surface area contributed by atoms with E-state index in [1.807, 2.05) is 26.1 Å². The van der Waals surface area contributed by atoms with Crippen LogP contribution in [0.3, 0.4) is 0 Å². The summed E-state index contributed by atoms with van der Waals surface area (Å²) in [4.78, 5) is 12.0. The van der Waals surface area contributed by atoms with Gasteiger partial charge in [0.15, 0.2) is 5.82 Å². The number of aryl methyl sites for hydroxylation is 2. The van der Waals surface area contributed by atoms with E-state index >= 15 is 0 Å². The normalized spacial score (nSPS) is 13.0. The zero-order chi connectivity index (χ0) is 16.9. The number of amides is 1. The molecule has 1 aliphatic heterocycles. The van der Waals surface area contributed by atoms with Gasteiger partial charge in [0.25, 0.3) is 0 Å².